The second-order valence-corrected chi connectivity index (χ2v) is 8.87. The van der Waals surface area contributed by atoms with Gasteiger partial charge in [0.15, 0.2) is 0 Å². The summed E-state index contributed by atoms with van der Waals surface area (Å²) in [6.45, 7) is 6.64. The zero-order valence-corrected chi connectivity index (χ0v) is 20.5. The summed E-state index contributed by atoms with van der Waals surface area (Å²) >= 11 is 0. The number of hydrogen-bond acceptors (Lipinski definition) is 6. The molecule has 1 aliphatic heterocycles. The smallest absolute Gasteiger partial charge is 0.253 e. The summed E-state index contributed by atoms with van der Waals surface area (Å²) in [6, 6.07) is 27.1. The van der Waals surface area contributed by atoms with Gasteiger partial charge in [-0.25, -0.2) is 9.97 Å². The molecule has 0 aliphatic carbocycles. The highest BCUT2D eigenvalue weighted by molar-refractivity contribution is 5.94. The number of carbonyl (C=O) groups is 1. The van der Waals surface area contributed by atoms with Crippen molar-refractivity contribution in [2.75, 3.05) is 36.4 Å². The van der Waals surface area contributed by atoms with Crippen LogP contribution in [0.15, 0.2) is 84.9 Å². The fourth-order valence-corrected chi connectivity index (χ4v) is 4.17. The average Bonchev–Trinajstić information content (AvgIpc) is 2.90. The molecule has 7 nitrogen and oxygen atoms in total. The molecule has 0 saturated carbocycles. The quantitative estimate of drug-likeness (QED) is 0.389. The maximum Gasteiger partial charge on any atom is 0.253 e. The Morgan fingerprint density at radius 2 is 1.47 bits per heavy atom. The van der Waals surface area contributed by atoms with Gasteiger partial charge >= 0.3 is 0 Å². The van der Waals surface area contributed by atoms with E-state index >= 15 is 0 Å². The normalized spacial score (nSPS) is 13.4. The average molecular weight is 480 g/mol. The van der Waals surface area contributed by atoms with Gasteiger partial charge in [0, 0.05) is 43.5 Å². The topological polar surface area (TPSA) is 70.6 Å². The summed E-state index contributed by atoms with van der Waals surface area (Å²) in [5.74, 6) is 3.84. The third kappa shape index (κ3) is 5.63. The molecule has 0 bridgehead atoms. The maximum absolute atomic E-state index is 13.1. The number of rotatable bonds is 6. The number of benzene rings is 3. The number of piperazine rings is 1. The highest BCUT2D eigenvalue weighted by Gasteiger charge is 2.23. The third-order valence-electron chi connectivity index (χ3n) is 6.12. The minimum atomic E-state index is 0.0292. The van der Waals surface area contributed by atoms with Crippen LogP contribution in [-0.2, 0) is 0 Å². The Balaban J connectivity index is 1.19. The van der Waals surface area contributed by atoms with Crippen molar-refractivity contribution in [3.63, 3.8) is 0 Å². The number of anilines is 3. The lowest BCUT2D eigenvalue weighted by molar-refractivity contribution is 0.0746. The number of ether oxygens (including phenoxy) is 1. The zero-order valence-electron chi connectivity index (χ0n) is 20.5. The molecule has 36 heavy (non-hydrogen) atoms. The maximum atomic E-state index is 13.1. The lowest BCUT2D eigenvalue weighted by atomic mass is 10.1. The molecule has 0 atom stereocenters. The molecule has 182 valence electrons. The number of carbonyl (C=O) groups excluding carboxylic acids is 1. The molecule has 3 aromatic carbocycles. The van der Waals surface area contributed by atoms with E-state index in [1.54, 1.807) is 0 Å². The van der Waals surface area contributed by atoms with Crippen LogP contribution in [0.5, 0.6) is 11.5 Å². The number of para-hydroxylation sites is 1. The van der Waals surface area contributed by atoms with Gasteiger partial charge in [-0.2, -0.15) is 0 Å². The summed E-state index contributed by atoms with van der Waals surface area (Å²) in [7, 11) is 0. The molecule has 1 amide bonds. The van der Waals surface area contributed by atoms with E-state index in [2.05, 4.69) is 39.2 Å². The monoisotopic (exact) mass is 479 g/mol. The Hall–Kier alpha value is -4.39. The Kier molecular flexibility index (Phi) is 6.80. The van der Waals surface area contributed by atoms with Gasteiger partial charge in [-0.05, 0) is 62.4 Å². The van der Waals surface area contributed by atoms with Gasteiger partial charge in [-0.3, -0.25) is 4.79 Å². The lowest BCUT2D eigenvalue weighted by Crippen LogP contribution is -2.49. The molecule has 4 aromatic rings. The molecule has 1 aliphatic rings. The highest BCUT2D eigenvalue weighted by Crippen LogP contribution is 2.24. The van der Waals surface area contributed by atoms with Gasteiger partial charge in [-0.1, -0.05) is 35.9 Å². The minimum absolute atomic E-state index is 0.0292. The first-order valence-electron chi connectivity index (χ1n) is 12.1. The predicted molar refractivity (Wildman–Crippen MR) is 142 cm³/mol. The highest BCUT2D eigenvalue weighted by atomic mass is 16.5. The molecule has 0 spiro atoms. The summed E-state index contributed by atoms with van der Waals surface area (Å²) in [5, 5.41) is 3.37. The van der Waals surface area contributed by atoms with E-state index in [-0.39, 0.29) is 5.91 Å². The van der Waals surface area contributed by atoms with Crippen molar-refractivity contribution < 1.29 is 9.53 Å². The number of amides is 1. The zero-order chi connectivity index (χ0) is 24.9. The largest absolute Gasteiger partial charge is 0.457 e. The molecule has 1 saturated heterocycles. The summed E-state index contributed by atoms with van der Waals surface area (Å²) in [6.07, 6.45) is 0. The van der Waals surface area contributed by atoms with Gasteiger partial charge in [0.1, 0.15) is 29.0 Å². The van der Waals surface area contributed by atoms with E-state index in [9.17, 15) is 4.79 Å². The molecule has 0 unspecified atom stereocenters. The molecule has 1 aromatic heterocycles. The van der Waals surface area contributed by atoms with E-state index in [1.807, 2.05) is 84.6 Å². The number of aromatic nitrogens is 2. The second kappa shape index (κ2) is 10.5. The van der Waals surface area contributed by atoms with Gasteiger partial charge in [-0.15, -0.1) is 0 Å². The molecular weight excluding hydrogens is 450 g/mol. The van der Waals surface area contributed by atoms with Gasteiger partial charge < -0.3 is 19.9 Å². The summed E-state index contributed by atoms with van der Waals surface area (Å²) in [4.78, 5) is 26.4. The Morgan fingerprint density at radius 1 is 0.806 bits per heavy atom. The Labute approximate surface area is 211 Å². The van der Waals surface area contributed by atoms with Crippen LogP contribution >= 0.6 is 0 Å². The van der Waals surface area contributed by atoms with E-state index in [0.717, 1.165) is 23.1 Å². The van der Waals surface area contributed by atoms with Gasteiger partial charge in [0.25, 0.3) is 5.91 Å². The Bertz CT molecular complexity index is 1320. The van der Waals surface area contributed by atoms with Crippen LogP contribution in [-0.4, -0.2) is 47.0 Å². The molecule has 2 heterocycles. The van der Waals surface area contributed by atoms with Crippen molar-refractivity contribution in [3.8, 4) is 11.5 Å². The van der Waals surface area contributed by atoms with E-state index in [0.29, 0.717) is 43.3 Å². The standard InChI is InChI=1S/C29H29N5O2/c1-21-8-12-24(13-9-21)32-27-20-28(31-22(2)30-27)33-16-18-34(19-17-33)29(35)23-10-14-26(15-11-23)36-25-6-4-3-5-7-25/h3-15,20H,16-19H2,1-2H3,(H,30,31,32). The molecule has 7 heteroatoms. The molecule has 1 fully saturated rings. The fraction of sp³-hybridized carbons (Fsp3) is 0.207. The summed E-state index contributed by atoms with van der Waals surface area (Å²) in [5.41, 5.74) is 2.86. The van der Waals surface area contributed by atoms with Gasteiger partial charge in [0.2, 0.25) is 0 Å². The van der Waals surface area contributed by atoms with Crippen molar-refractivity contribution in [2.24, 2.45) is 0 Å². The number of aryl methyl sites for hydroxylation is 2. The van der Waals surface area contributed by atoms with Crippen molar-refractivity contribution in [1.82, 2.24) is 14.9 Å². The molecule has 5 rings (SSSR count). The van der Waals surface area contributed by atoms with Crippen molar-refractivity contribution in [3.05, 3.63) is 102 Å². The number of hydrogen-bond donors (Lipinski definition) is 1. The van der Waals surface area contributed by atoms with Gasteiger partial charge in [0.05, 0.1) is 0 Å². The first-order chi connectivity index (χ1) is 17.5. The van der Waals surface area contributed by atoms with Crippen LogP contribution in [0.4, 0.5) is 17.3 Å². The Morgan fingerprint density at radius 3 is 2.17 bits per heavy atom. The van der Waals surface area contributed by atoms with Crippen LogP contribution in [0.3, 0.4) is 0 Å². The predicted octanol–water partition coefficient (Wildman–Crippen LogP) is 5.59. The molecular formula is C29H29N5O2. The van der Waals surface area contributed by atoms with Crippen molar-refractivity contribution >= 4 is 23.2 Å². The molecule has 1 N–H and O–H groups in total. The first-order valence-corrected chi connectivity index (χ1v) is 12.1. The number of nitrogens with one attached hydrogen (secondary N) is 1. The van der Waals surface area contributed by atoms with Crippen molar-refractivity contribution in [2.45, 2.75) is 13.8 Å². The summed E-state index contributed by atoms with van der Waals surface area (Å²) < 4.78 is 5.83. The first kappa shape index (κ1) is 23.4. The third-order valence-corrected chi connectivity index (χ3v) is 6.12. The van der Waals surface area contributed by atoms with E-state index < -0.39 is 0 Å². The SMILES string of the molecule is Cc1ccc(Nc2cc(N3CCN(C(=O)c4ccc(Oc5ccccc5)cc4)CC3)nc(C)n2)cc1. The molecule has 0 radical (unpaired) electrons. The number of nitrogens with zero attached hydrogens (tertiary/aromatic N) is 4. The second-order valence-electron chi connectivity index (χ2n) is 8.87. The van der Waals surface area contributed by atoms with Crippen molar-refractivity contribution in [1.29, 1.82) is 0 Å². The minimum Gasteiger partial charge on any atom is -0.457 e. The van der Waals surface area contributed by atoms with Crippen LogP contribution in [0.1, 0.15) is 21.7 Å². The lowest BCUT2D eigenvalue weighted by Gasteiger charge is -2.35. The van der Waals surface area contributed by atoms with E-state index in [4.69, 9.17) is 4.74 Å². The van der Waals surface area contributed by atoms with E-state index in [1.165, 1.54) is 5.56 Å². The van der Waals surface area contributed by atoms with Crippen LogP contribution in [0.2, 0.25) is 0 Å². The van der Waals surface area contributed by atoms with Crippen LogP contribution in [0.25, 0.3) is 0 Å². The van der Waals surface area contributed by atoms with Crippen LogP contribution < -0.4 is 15.0 Å². The fourth-order valence-electron chi connectivity index (χ4n) is 4.17. The van der Waals surface area contributed by atoms with Crippen LogP contribution in [0, 0.1) is 13.8 Å².